The summed E-state index contributed by atoms with van der Waals surface area (Å²) in [7, 11) is 1.43. The van der Waals surface area contributed by atoms with Crippen LogP contribution in [0, 0.1) is 0 Å². The number of unbranched alkanes of at least 4 members (excludes halogenated alkanes) is 11. The molecule has 0 spiro atoms. The summed E-state index contributed by atoms with van der Waals surface area (Å²) in [5.41, 5.74) is 0. The van der Waals surface area contributed by atoms with Crippen molar-refractivity contribution in [2.75, 3.05) is 59.6 Å². The Hall–Kier alpha value is -0.380. The number of methoxy groups -OCH3 is 1. The van der Waals surface area contributed by atoms with E-state index in [4.69, 9.17) is 23.8 Å². The van der Waals surface area contributed by atoms with E-state index in [0.29, 0.717) is 6.42 Å². The van der Waals surface area contributed by atoms with Crippen molar-refractivity contribution in [2.45, 2.75) is 144 Å². The molecule has 0 fully saturated rings. The van der Waals surface area contributed by atoms with Gasteiger partial charge in [-0.3, -0.25) is 4.79 Å². The molecule has 0 aliphatic rings. The fourth-order valence-electron chi connectivity index (χ4n) is 4.30. The van der Waals surface area contributed by atoms with Gasteiger partial charge in [-0.2, -0.15) is 0 Å². The zero-order valence-corrected chi connectivity index (χ0v) is 31.8. The van der Waals surface area contributed by atoms with Gasteiger partial charge in [0.15, 0.2) is 0 Å². The lowest BCUT2D eigenvalue weighted by Crippen LogP contribution is -2.25. The standard InChI is InChI=1S/C22H43O6PS.2C6H15N/c1-3-4-5-6-7-8-9-10-11-12-13-14-15-16-17-18-22(23)27-19-21(26-2)20-28-29(24,25)30;2*1-4-7(5-2)6-3/h10-11,21H,3-9,12-20H2,1-2H3,(H2,24,25,30);2*4-6H2,1-3H3/b11-10+;;/t21-;;/m0../s1. The van der Waals surface area contributed by atoms with Gasteiger partial charge in [0.05, 0.1) is 6.61 Å². The first-order valence-corrected chi connectivity index (χ1v) is 20.2. The smallest absolute Gasteiger partial charge is 0.321 e. The number of nitrogens with zero attached hydrogens (tertiary/aromatic N) is 2. The quantitative estimate of drug-likeness (QED) is 0.0387. The summed E-state index contributed by atoms with van der Waals surface area (Å²) < 4.78 is 14.9. The third kappa shape index (κ3) is 39.6. The molecule has 0 saturated carbocycles. The predicted molar refractivity (Wildman–Crippen MR) is 193 cm³/mol. The Morgan fingerprint density at radius 2 is 1.09 bits per heavy atom. The second-order valence-electron chi connectivity index (χ2n) is 10.9. The maximum absolute atomic E-state index is 11.8. The topological polar surface area (TPSA) is 91.7 Å². The number of carbonyl (C=O) groups excluding carboxylic acids is 1. The molecule has 0 radical (unpaired) electrons. The average Bonchev–Trinajstić information content (AvgIpc) is 3.01. The highest BCUT2D eigenvalue weighted by Gasteiger charge is 2.16. The Morgan fingerprint density at radius 3 is 1.45 bits per heavy atom. The number of allylic oxidation sites excluding steroid dienone is 2. The minimum absolute atomic E-state index is 0.00966. The van der Waals surface area contributed by atoms with Gasteiger partial charge in [0, 0.05) is 13.5 Å². The zero-order chi connectivity index (χ0) is 33.9. The summed E-state index contributed by atoms with van der Waals surface area (Å²) >= 11 is 4.37. The van der Waals surface area contributed by atoms with E-state index in [9.17, 15) is 4.79 Å². The van der Waals surface area contributed by atoms with Gasteiger partial charge in [0.25, 0.3) is 0 Å². The summed E-state index contributed by atoms with van der Waals surface area (Å²) in [6.07, 6.45) is 20.3. The van der Waals surface area contributed by atoms with Crippen LogP contribution in [0.1, 0.15) is 138 Å². The van der Waals surface area contributed by atoms with Crippen molar-refractivity contribution in [3.05, 3.63) is 12.2 Å². The highest BCUT2D eigenvalue weighted by molar-refractivity contribution is 8.06. The summed E-state index contributed by atoms with van der Waals surface area (Å²) in [4.78, 5) is 34.6. The lowest BCUT2D eigenvalue weighted by atomic mass is 10.1. The summed E-state index contributed by atoms with van der Waals surface area (Å²) in [5, 5.41) is 0. The van der Waals surface area contributed by atoms with Gasteiger partial charge in [-0.05, 0) is 83.2 Å². The highest BCUT2D eigenvalue weighted by Crippen LogP contribution is 2.36. The number of carbonyl (C=O) groups is 1. The molecule has 1 atom stereocenters. The van der Waals surface area contributed by atoms with Gasteiger partial charge in [0.1, 0.15) is 12.7 Å². The van der Waals surface area contributed by atoms with Crippen molar-refractivity contribution >= 4 is 24.5 Å². The maximum Gasteiger partial charge on any atom is 0.321 e. The molecule has 10 heteroatoms. The largest absolute Gasteiger partial charge is 0.463 e. The van der Waals surface area contributed by atoms with Crippen LogP contribution in [0.4, 0.5) is 0 Å². The van der Waals surface area contributed by atoms with Crippen molar-refractivity contribution in [3.63, 3.8) is 0 Å². The van der Waals surface area contributed by atoms with Crippen molar-refractivity contribution in [1.82, 2.24) is 9.80 Å². The van der Waals surface area contributed by atoms with Crippen molar-refractivity contribution in [3.8, 4) is 0 Å². The number of esters is 1. The Bertz CT molecular complexity index is 635. The van der Waals surface area contributed by atoms with Crippen LogP contribution < -0.4 is 0 Å². The van der Waals surface area contributed by atoms with Gasteiger partial charge in [-0.1, -0.05) is 112 Å². The van der Waals surface area contributed by atoms with E-state index in [0.717, 1.165) is 25.7 Å². The van der Waals surface area contributed by atoms with Crippen LogP contribution >= 0.6 is 6.72 Å². The van der Waals surface area contributed by atoms with Crippen LogP contribution in [-0.4, -0.2) is 91.3 Å². The molecule has 0 amide bonds. The molecule has 8 nitrogen and oxygen atoms in total. The molecule has 0 aromatic rings. The van der Waals surface area contributed by atoms with E-state index in [1.807, 2.05) is 0 Å². The summed E-state index contributed by atoms with van der Waals surface area (Å²) in [5.74, 6) is -0.276. The normalized spacial score (nSPS) is 12.2. The number of ether oxygens (including phenoxy) is 2. The molecule has 44 heavy (non-hydrogen) atoms. The molecular formula is C34H73N2O6PS. The van der Waals surface area contributed by atoms with Gasteiger partial charge in [-0.25, -0.2) is 0 Å². The van der Waals surface area contributed by atoms with Crippen molar-refractivity contribution in [2.24, 2.45) is 0 Å². The second kappa shape index (κ2) is 37.1. The van der Waals surface area contributed by atoms with E-state index < -0.39 is 12.8 Å². The number of rotatable bonds is 27. The fourth-order valence-corrected chi connectivity index (χ4v) is 4.85. The fraction of sp³-hybridized carbons (Fsp3) is 0.912. The lowest BCUT2D eigenvalue weighted by molar-refractivity contribution is -0.148. The van der Waals surface area contributed by atoms with E-state index in [1.165, 1.54) is 104 Å². The van der Waals surface area contributed by atoms with Gasteiger partial charge in [-0.15, -0.1) is 0 Å². The molecule has 266 valence electrons. The SMILES string of the molecule is CCCCCCCC/C=C/CCCCCCCC(=O)OC[C@@H](COP(O)(O)=S)OC.CCN(CC)CC.CCN(CC)CC. The summed E-state index contributed by atoms with van der Waals surface area (Å²) in [6.45, 7) is 18.7. The van der Waals surface area contributed by atoms with E-state index in [1.54, 1.807) is 0 Å². The average molecular weight is 669 g/mol. The van der Waals surface area contributed by atoms with Crippen molar-refractivity contribution in [1.29, 1.82) is 0 Å². The van der Waals surface area contributed by atoms with Crippen LogP contribution in [-0.2, 0) is 30.6 Å². The molecule has 0 saturated heterocycles. The van der Waals surface area contributed by atoms with Crippen molar-refractivity contribution < 1.29 is 28.6 Å². The molecule has 0 bridgehead atoms. The van der Waals surface area contributed by atoms with E-state index >= 15 is 0 Å². The Kier molecular flexibility index (Phi) is 40.5. The minimum atomic E-state index is -3.72. The van der Waals surface area contributed by atoms with Crippen LogP contribution in [0.5, 0.6) is 0 Å². The maximum atomic E-state index is 11.8. The first-order valence-electron chi connectivity index (χ1n) is 17.6. The Labute approximate surface area is 278 Å². The number of hydrogen-bond donors (Lipinski definition) is 2. The molecule has 0 heterocycles. The van der Waals surface area contributed by atoms with Crippen LogP contribution in [0.2, 0.25) is 0 Å². The van der Waals surface area contributed by atoms with Crippen LogP contribution in [0.3, 0.4) is 0 Å². The lowest BCUT2D eigenvalue weighted by Gasteiger charge is -2.17. The Balaban J connectivity index is -0.000000982. The highest BCUT2D eigenvalue weighted by atomic mass is 32.5. The van der Waals surface area contributed by atoms with Crippen LogP contribution in [0.15, 0.2) is 12.2 Å². The molecular weight excluding hydrogens is 595 g/mol. The van der Waals surface area contributed by atoms with E-state index in [2.05, 4.69) is 82.2 Å². The first kappa shape index (κ1) is 48.0. The second-order valence-corrected chi connectivity index (χ2v) is 13.6. The minimum Gasteiger partial charge on any atom is -0.463 e. The summed E-state index contributed by atoms with van der Waals surface area (Å²) in [6, 6.07) is 0. The number of hydrogen-bond acceptors (Lipinski definition) is 7. The third-order valence-electron chi connectivity index (χ3n) is 7.52. The van der Waals surface area contributed by atoms with Gasteiger partial charge >= 0.3 is 12.7 Å². The van der Waals surface area contributed by atoms with Gasteiger partial charge in [0.2, 0.25) is 0 Å². The predicted octanol–water partition coefficient (Wildman–Crippen LogP) is 8.50. The zero-order valence-electron chi connectivity index (χ0n) is 30.1. The molecule has 0 aromatic heterocycles. The first-order chi connectivity index (χ1) is 21.1. The molecule has 0 rings (SSSR count). The molecule has 0 unspecified atom stereocenters. The van der Waals surface area contributed by atoms with E-state index in [-0.39, 0.29) is 19.2 Å². The molecule has 0 aliphatic carbocycles. The van der Waals surface area contributed by atoms with Crippen LogP contribution in [0.25, 0.3) is 0 Å². The molecule has 0 aliphatic heterocycles. The molecule has 0 aromatic carbocycles. The third-order valence-corrected chi connectivity index (χ3v) is 8.32. The van der Waals surface area contributed by atoms with Gasteiger partial charge < -0.3 is 33.6 Å². The monoisotopic (exact) mass is 668 g/mol. The Morgan fingerprint density at radius 1 is 0.682 bits per heavy atom. The molecule has 2 N–H and O–H groups in total.